The second kappa shape index (κ2) is 5.42. The van der Waals surface area contributed by atoms with Crippen molar-refractivity contribution in [1.29, 1.82) is 0 Å². The van der Waals surface area contributed by atoms with Gasteiger partial charge in [-0.15, -0.1) is 0 Å². The van der Waals surface area contributed by atoms with Crippen LogP contribution in [0.25, 0.3) is 0 Å². The van der Waals surface area contributed by atoms with Gasteiger partial charge < -0.3 is 15.4 Å². The van der Waals surface area contributed by atoms with Crippen molar-refractivity contribution in [3.8, 4) is 5.75 Å². The Morgan fingerprint density at radius 1 is 1.28 bits per heavy atom. The average Bonchev–Trinajstić information content (AvgIpc) is 2.77. The van der Waals surface area contributed by atoms with Crippen LogP contribution in [0.5, 0.6) is 5.75 Å². The van der Waals surface area contributed by atoms with E-state index >= 15 is 0 Å². The highest BCUT2D eigenvalue weighted by atomic mass is 16.5. The van der Waals surface area contributed by atoms with E-state index in [2.05, 4.69) is 27.5 Å². The summed E-state index contributed by atoms with van der Waals surface area (Å²) in [6.07, 6.45) is 6.47. The molecule has 0 bridgehead atoms. The number of aromatic nitrogens is 2. The number of hydrogen-bond donors (Lipinski definition) is 2. The van der Waals surface area contributed by atoms with Gasteiger partial charge in [-0.25, -0.2) is 9.97 Å². The zero-order valence-electron chi connectivity index (χ0n) is 11.4. The Bertz CT molecular complexity index is 402. The molecule has 5 nitrogen and oxygen atoms in total. The topological polar surface area (TPSA) is 59.1 Å². The first-order valence-electron chi connectivity index (χ1n) is 6.59. The molecule has 0 spiro atoms. The van der Waals surface area contributed by atoms with Gasteiger partial charge >= 0.3 is 0 Å². The van der Waals surface area contributed by atoms with Gasteiger partial charge in [0.1, 0.15) is 6.33 Å². The highest BCUT2D eigenvalue weighted by Crippen LogP contribution is 2.36. The minimum atomic E-state index is 0.130. The highest BCUT2D eigenvalue weighted by Gasteiger charge is 2.30. The lowest BCUT2D eigenvalue weighted by Gasteiger charge is -2.27. The summed E-state index contributed by atoms with van der Waals surface area (Å²) in [6.45, 7) is 5.09. The van der Waals surface area contributed by atoms with Crippen LogP contribution in [0.4, 0.5) is 11.6 Å². The van der Waals surface area contributed by atoms with E-state index in [-0.39, 0.29) is 5.54 Å². The number of anilines is 2. The predicted molar refractivity (Wildman–Crippen MR) is 73.2 cm³/mol. The molecule has 1 fully saturated rings. The molecule has 0 aliphatic heterocycles. The van der Waals surface area contributed by atoms with E-state index in [0.717, 1.165) is 18.2 Å². The largest absolute Gasteiger partial charge is 0.490 e. The molecule has 5 heteroatoms. The van der Waals surface area contributed by atoms with Gasteiger partial charge in [-0.05, 0) is 26.7 Å². The van der Waals surface area contributed by atoms with Crippen LogP contribution in [0, 0.1) is 0 Å². The van der Waals surface area contributed by atoms with Gasteiger partial charge in [0.25, 0.3) is 0 Å². The summed E-state index contributed by atoms with van der Waals surface area (Å²) in [5, 5.41) is 6.71. The van der Waals surface area contributed by atoms with E-state index in [1.54, 1.807) is 13.4 Å². The molecular formula is C13H22N4O. The second-order valence-electron chi connectivity index (χ2n) is 5.03. The van der Waals surface area contributed by atoms with Crippen molar-refractivity contribution >= 4 is 11.6 Å². The molecule has 18 heavy (non-hydrogen) atoms. The number of nitrogens with zero attached hydrogens (tertiary/aromatic N) is 2. The molecule has 1 aliphatic carbocycles. The fourth-order valence-corrected chi connectivity index (χ4v) is 2.52. The van der Waals surface area contributed by atoms with E-state index in [0.29, 0.717) is 5.75 Å². The van der Waals surface area contributed by atoms with Crippen molar-refractivity contribution in [1.82, 2.24) is 9.97 Å². The molecule has 0 radical (unpaired) electrons. The van der Waals surface area contributed by atoms with Crippen molar-refractivity contribution in [2.45, 2.75) is 45.1 Å². The number of nitrogens with one attached hydrogen (secondary N) is 2. The van der Waals surface area contributed by atoms with Gasteiger partial charge in [0.05, 0.1) is 7.11 Å². The lowest BCUT2D eigenvalue weighted by molar-refractivity contribution is 0.411. The smallest absolute Gasteiger partial charge is 0.204 e. The SMILES string of the molecule is CCNc1ncnc(NC2(C)CCCC2)c1OC. The molecule has 0 aromatic carbocycles. The van der Waals surface area contributed by atoms with Crippen LogP contribution < -0.4 is 15.4 Å². The summed E-state index contributed by atoms with van der Waals surface area (Å²) in [5.74, 6) is 2.24. The summed E-state index contributed by atoms with van der Waals surface area (Å²) in [5.41, 5.74) is 0.130. The minimum absolute atomic E-state index is 0.130. The zero-order chi connectivity index (χ0) is 13.0. The number of rotatable bonds is 5. The molecule has 1 heterocycles. The third-order valence-corrected chi connectivity index (χ3v) is 3.48. The zero-order valence-corrected chi connectivity index (χ0v) is 11.4. The lowest BCUT2D eigenvalue weighted by atomic mass is 10.0. The van der Waals surface area contributed by atoms with Crippen LogP contribution in [0.1, 0.15) is 39.5 Å². The Balaban J connectivity index is 2.23. The first-order chi connectivity index (χ1) is 8.68. The molecule has 0 amide bonds. The Morgan fingerprint density at radius 2 is 1.94 bits per heavy atom. The standard InChI is InChI=1S/C13H22N4O/c1-4-14-11-10(18-3)12(16-9-15-11)17-13(2)7-5-6-8-13/h9H,4-8H2,1-3H3,(H2,14,15,16,17). The van der Waals surface area contributed by atoms with E-state index in [1.807, 2.05) is 6.92 Å². The fourth-order valence-electron chi connectivity index (χ4n) is 2.52. The first kappa shape index (κ1) is 12.9. The summed E-state index contributed by atoms with van der Waals surface area (Å²) >= 11 is 0. The fraction of sp³-hybridized carbons (Fsp3) is 0.692. The van der Waals surface area contributed by atoms with Gasteiger partial charge in [0, 0.05) is 12.1 Å². The van der Waals surface area contributed by atoms with Crippen LogP contribution in [-0.4, -0.2) is 29.2 Å². The second-order valence-corrected chi connectivity index (χ2v) is 5.03. The van der Waals surface area contributed by atoms with Gasteiger partial charge in [-0.1, -0.05) is 12.8 Å². The van der Waals surface area contributed by atoms with E-state index < -0.39 is 0 Å². The third kappa shape index (κ3) is 2.66. The molecule has 2 N–H and O–H groups in total. The maximum Gasteiger partial charge on any atom is 0.204 e. The molecule has 1 saturated carbocycles. The predicted octanol–water partition coefficient (Wildman–Crippen LogP) is 2.66. The van der Waals surface area contributed by atoms with E-state index in [9.17, 15) is 0 Å². The molecule has 1 aromatic rings. The Hall–Kier alpha value is -1.52. The van der Waals surface area contributed by atoms with Crippen molar-refractivity contribution < 1.29 is 4.74 Å². The molecule has 0 atom stereocenters. The third-order valence-electron chi connectivity index (χ3n) is 3.48. The molecule has 0 unspecified atom stereocenters. The van der Waals surface area contributed by atoms with Gasteiger partial charge in [-0.2, -0.15) is 0 Å². The van der Waals surface area contributed by atoms with Crippen molar-refractivity contribution in [3.63, 3.8) is 0 Å². The Labute approximate surface area is 108 Å². The monoisotopic (exact) mass is 250 g/mol. The number of methoxy groups -OCH3 is 1. The van der Waals surface area contributed by atoms with Crippen LogP contribution in [0.15, 0.2) is 6.33 Å². The van der Waals surface area contributed by atoms with Crippen molar-refractivity contribution in [2.24, 2.45) is 0 Å². The van der Waals surface area contributed by atoms with Crippen LogP contribution in [0.2, 0.25) is 0 Å². The molecule has 1 aromatic heterocycles. The lowest BCUT2D eigenvalue weighted by Crippen LogP contribution is -2.31. The molecular weight excluding hydrogens is 228 g/mol. The Morgan fingerprint density at radius 3 is 2.56 bits per heavy atom. The van der Waals surface area contributed by atoms with Crippen molar-refractivity contribution in [2.75, 3.05) is 24.3 Å². The van der Waals surface area contributed by atoms with Gasteiger partial charge in [0.2, 0.25) is 5.75 Å². The number of ether oxygens (including phenoxy) is 1. The van der Waals surface area contributed by atoms with Crippen LogP contribution >= 0.6 is 0 Å². The molecule has 1 aliphatic rings. The van der Waals surface area contributed by atoms with E-state index in [4.69, 9.17) is 4.74 Å². The van der Waals surface area contributed by atoms with Crippen LogP contribution in [0.3, 0.4) is 0 Å². The summed E-state index contributed by atoms with van der Waals surface area (Å²) in [4.78, 5) is 8.52. The summed E-state index contributed by atoms with van der Waals surface area (Å²) in [6, 6.07) is 0. The molecule has 100 valence electrons. The van der Waals surface area contributed by atoms with Crippen molar-refractivity contribution in [3.05, 3.63) is 6.33 Å². The maximum absolute atomic E-state index is 5.43. The van der Waals surface area contributed by atoms with Gasteiger partial charge in [-0.3, -0.25) is 0 Å². The van der Waals surface area contributed by atoms with Crippen LogP contribution in [-0.2, 0) is 0 Å². The molecule has 0 saturated heterocycles. The molecule has 2 rings (SSSR count). The van der Waals surface area contributed by atoms with Gasteiger partial charge in [0.15, 0.2) is 11.6 Å². The number of hydrogen-bond acceptors (Lipinski definition) is 5. The minimum Gasteiger partial charge on any atom is -0.490 e. The average molecular weight is 250 g/mol. The first-order valence-corrected chi connectivity index (χ1v) is 6.59. The quantitative estimate of drug-likeness (QED) is 0.841. The van der Waals surface area contributed by atoms with E-state index in [1.165, 1.54) is 25.7 Å². The normalized spacial score (nSPS) is 17.5. The summed E-state index contributed by atoms with van der Waals surface area (Å²) < 4.78 is 5.43. The summed E-state index contributed by atoms with van der Waals surface area (Å²) in [7, 11) is 1.65. The maximum atomic E-state index is 5.43. The Kier molecular flexibility index (Phi) is 3.89. The highest BCUT2D eigenvalue weighted by molar-refractivity contribution is 5.64.